The van der Waals surface area contributed by atoms with Crippen LogP contribution in [0.25, 0.3) is 22.3 Å². The van der Waals surface area contributed by atoms with Gasteiger partial charge in [0.05, 0.1) is 17.2 Å². The number of hydrogen-bond donors (Lipinski definition) is 2. The highest BCUT2D eigenvalue weighted by atomic mass is 19.4. The molecule has 1 aromatic carbocycles. The van der Waals surface area contributed by atoms with Crippen LogP contribution in [0.3, 0.4) is 0 Å². The fraction of sp³-hybridized carbons (Fsp3) is 0.622. The average molecular weight is 737 g/mol. The fourth-order valence-corrected chi connectivity index (χ4v) is 10.1. The second-order valence-electron chi connectivity index (χ2n) is 15.8. The molecule has 6 saturated carbocycles. The maximum Gasteiger partial charge on any atom is 0.434 e. The van der Waals surface area contributed by atoms with Crippen LogP contribution < -0.4 is 10.1 Å². The van der Waals surface area contributed by atoms with Gasteiger partial charge in [-0.2, -0.15) is 13.2 Å². The van der Waals surface area contributed by atoms with E-state index < -0.39 is 70.7 Å². The van der Waals surface area contributed by atoms with E-state index in [0.29, 0.717) is 54.2 Å². The number of alkyl halides is 7. The van der Waals surface area contributed by atoms with Gasteiger partial charge in [-0.3, -0.25) is 4.79 Å². The van der Waals surface area contributed by atoms with Crippen molar-refractivity contribution in [3.8, 4) is 17.1 Å². The Morgan fingerprint density at radius 1 is 0.885 bits per heavy atom. The second kappa shape index (κ2) is 12.3. The molecule has 6 aliphatic carbocycles. The van der Waals surface area contributed by atoms with Crippen molar-refractivity contribution in [2.45, 2.75) is 119 Å². The van der Waals surface area contributed by atoms with Crippen molar-refractivity contribution in [3.63, 3.8) is 0 Å². The van der Waals surface area contributed by atoms with E-state index in [1.54, 1.807) is 22.8 Å². The number of nitrogens with zero attached hydrogens (tertiary/aromatic N) is 3. The first-order valence-electron chi connectivity index (χ1n) is 18.1. The smallest absolute Gasteiger partial charge is 0.434 e. The molecule has 0 radical (unpaired) electrons. The average Bonchev–Trinajstić information content (AvgIpc) is 3.45. The molecule has 6 aliphatic rings. The molecule has 0 atom stereocenters. The van der Waals surface area contributed by atoms with Crippen LogP contribution in [0.5, 0.6) is 5.75 Å². The summed E-state index contributed by atoms with van der Waals surface area (Å²) in [7, 11) is 0. The number of amides is 1. The third kappa shape index (κ3) is 6.18. The lowest BCUT2D eigenvalue weighted by Gasteiger charge is -2.59. The highest BCUT2D eigenvalue weighted by Gasteiger charge is 2.62. The van der Waals surface area contributed by atoms with Crippen LogP contribution in [0.1, 0.15) is 106 Å². The Labute approximate surface area is 294 Å². The molecule has 3 aromatic rings. The van der Waals surface area contributed by atoms with Gasteiger partial charge in [-0.05, 0) is 93.6 Å². The van der Waals surface area contributed by atoms with Gasteiger partial charge in [0, 0.05) is 61.1 Å². The van der Waals surface area contributed by atoms with Crippen molar-refractivity contribution in [1.82, 2.24) is 19.9 Å². The lowest BCUT2D eigenvalue weighted by molar-refractivity contribution is -0.163. The summed E-state index contributed by atoms with van der Waals surface area (Å²) in [6, 6.07) is 4.35. The van der Waals surface area contributed by atoms with Gasteiger partial charge >= 0.3 is 12.1 Å². The molecule has 2 heterocycles. The normalized spacial score (nSPS) is 30.1. The van der Waals surface area contributed by atoms with Gasteiger partial charge in [0.1, 0.15) is 11.3 Å². The number of nitrogens with one attached hydrogen (secondary N) is 1. The zero-order valence-corrected chi connectivity index (χ0v) is 28.2. The molecule has 0 aliphatic heterocycles. The molecule has 2 aromatic heterocycles. The van der Waals surface area contributed by atoms with Crippen LogP contribution in [0.2, 0.25) is 0 Å². The molecule has 280 valence electrons. The molecule has 0 spiro atoms. The van der Waals surface area contributed by atoms with E-state index in [2.05, 4.69) is 15.3 Å². The number of rotatable bonds is 7. The zero-order chi connectivity index (χ0) is 36.8. The summed E-state index contributed by atoms with van der Waals surface area (Å²) < 4.78 is 108. The molecular weight excluding hydrogens is 697 g/mol. The van der Waals surface area contributed by atoms with Crippen LogP contribution in [0.15, 0.2) is 30.6 Å². The Morgan fingerprint density at radius 3 is 2.06 bits per heavy atom. The van der Waals surface area contributed by atoms with Crippen LogP contribution in [-0.2, 0) is 11.0 Å². The van der Waals surface area contributed by atoms with Gasteiger partial charge in [0.2, 0.25) is 11.8 Å². The van der Waals surface area contributed by atoms with Crippen LogP contribution in [0, 0.1) is 23.7 Å². The SMILES string of the molecule is O=C(NC1(C(=O)O)C2CC3CC(C2)CC1C3)c1cnc(-c2cn(C3CCC(F)(F)CC3)c3cc(OC4CCC(F)(F)CC4)ccc23)nc1C(F)(F)F. The standard InChI is InChI=1S/C37H39F7N4O4/c38-34(39)7-3-23(4-8-34)48-18-28(26-2-1-25(16-29(26)48)52-24-5-9-35(40,41)10-6-24)31-45-17-27(30(46-31)37(42,43)44)32(49)47-36(33(50)51)21-12-19-11-20(14-21)15-22(36)13-19/h1-2,16-24H,3-15H2,(H,47,49)(H,50,51). The van der Waals surface area contributed by atoms with Crippen molar-refractivity contribution >= 4 is 22.8 Å². The number of ether oxygens (including phenoxy) is 1. The van der Waals surface area contributed by atoms with Gasteiger partial charge in [0.15, 0.2) is 11.5 Å². The Balaban J connectivity index is 1.15. The molecule has 52 heavy (non-hydrogen) atoms. The number of carbonyl (C=O) groups excluding carboxylic acids is 1. The van der Waals surface area contributed by atoms with Gasteiger partial charge < -0.3 is 19.7 Å². The lowest BCUT2D eigenvalue weighted by atomic mass is 9.48. The molecular formula is C37H39F7N4O4. The van der Waals surface area contributed by atoms with Crippen molar-refractivity contribution < 1.29 is 50.2 Å². The van der Waals surface area contributed by atoms with Gasteiger partial charge in [-0.15, -0.1) is 0 Å². The summed E-state index contributed by atoms with van der Waals surface area (Å²) in [5, 5.41) is 13.4. The number of halogens is 7. The summed E-state index contributed by atoms with van der Waals surface area (Å²) in [6.07, 6.45) is -0.839. The molecule has 0 saturated heterocycles. The first-order valence-corrected chi connectivity index (χ1v) is 18.1. The van der Waals surface area contributed by atoms with Gasteiger partial charge in [-0.25, -0.2) is 32.3 Å². The number of aliphatic carboxylic acids is 1. The van der Waals surface area contributed by atoms with E-state index >= 15 is 0 Å². The Kier molecular flexibility index (Phi) is 8.33. The molecule has 1 amide bonds. The monoisotopic (exact) mass is 736 g/mol. The van der Waals surface area contributed by atoms with Gasteiger partial charge in [0.25, 0.3) is 5.91 Å². The minimum Gasteiger partial charge on any atom is -0.490 e. The van der Waals surface area contributed by atoms with Crippen LogP contribution in [0.4, 0.5) is 30.7 Å². The number of hydrogen-bond acceptors (Lipinski definition) is 5. The molecule has 9 rings (SSSR count). The first-order chi connectivity index (χ1) is 24.5. The lowest BCUT2D eigenvalue weighted by Crippen LogP contribution is -2.70. The highest BCUT2D eigenvalue weighted by Crippen LogP contribution is 2.58. The van der Waals surface area contributed by atoms with Crippen molar-refractivity contribution in [1.29, 1.82) is 0 Å². The molecule has 15 heteroatoms. The fourth-order valence-electron chi connectivity index (χ4n) is 10.1. The molecule has 6 fully saturated rings. The Morgan fingerprint density at radius 2 is 1.48 bits per heavy atom. The minimum absolute atomic E-state index is 0.0988. The Bertz CT molecular complexity index is 1860. The van der Waals surface area contributed by atoms with Crippen molar-refractivity contribution in [2.75, 3.05) is 0 Å². The highest BCUT2D eigenvalue weighted by molar-refractivity contribution is 6.00. The van der Waals surface area contributed by atoms with E-state index in [1.165, 1.54) is 6.20 Å². The largest absolute Gasteiger partial charge is 0.490 e. The number of carbonyl (C=O) groups is 2. The quantitative estimate of drug-likeness (QED) is 0.235. The summed E-state index contributed by atoms with van der Waals surface area (Å²) in [6.45, 7) is 0. The topological polar surface area (TPSA) is 106 Å². The summed E-state index contributed by atoms with van der Waals surface area (Å²) in [4.78, 5) is 34.6. The minimum atomic E-state index is -5.12. The van der Waals surface area contributed by atoms with E-state index in [9.17, 15) is 45.4 Å². The van der Waals surface area contributed by atoms with E-state index in [1.807, 2.05) is 0 Å². The number of carboxylic acids is 1. The van der Waals surface area contributed by atoms with E-state index in [0.717, 1.165) is 12.6 Å². The van der Waals surface area contributed by atoms with E-state index in [4.69, 9.17) is 4.74 Å². The van der Waals surface area contributed by atoms with Crippen LogP contribution in [-0.4, -0.2) is 55.0 Å². The molecule has 4 bridgehead atoms. The zero-order valence-electron chi connectivity index (χ0n) is 28.2. The third-order valence-corrected chi connectivity index (χ3v) is 12.5. The maximum atomic E-state index is 14.7. The molecule has 8 nitrogen and oxygen atoms in total. The van der Waals surface area contributed by atoms with Crippen molar-refractivity contribution in [2.24, 2.45) is 23.7 Å². The predicted octanol–water partition coefficient (Wildman–Crippen LogP) is 8.83. The molecule has 0 unspecified atom stereocenters. The number of benzene rings is 1. The molecule has 2 N–H and O–H groups in total. The summed E-state index contributed by atoms with van der Waals surface area (Å²) >= 11 is 0. The third-order valence-electron chi connectivity index (χ3n) is 12.5. The number of fused-ring (bicyclic) bond motifs is 1. The predicted molar refractivity (Wildman–Crippen MR) is 173 cm³/mol. The second-order valence-corrected chi connectivity index (χ2v) is 15.8. The number of aromatic nitrogens is 3. The van der Waals surface area contributed by atoms with Crippen molar-refractivity contribution in [3.05, 3.63) is 41.9 Å². The van der Waals surface area contributed by atoms with Crippen LogP contribution >= 0.6 is 0 Å². The van der Waals surface area contributed by atoms with E-state index in [-0.39, 0.29) is 62.8 Å². The number of carboxylic acid groups (broad SMARTS) is 1. The van der Waals surface area contributed by atoms with Gasteiger partial charge in [-0.1, -0.05) is 0 Å². The Hall–Kier alpha value is -3.91. The first kappa shape index (κ1) is 35.1. The summed E-state index contributed by atoms with van der Waals surface area (Å²) in [5.74, 6) is -8.16. The summed E-state index contributed by atoms with van der Waals surface area (Å²) in [5.41, 5.74) is -3.47. The maximum absolute atomic E-state index is 14.7.